The van der Waals surface area contributed by atoms with Gasteiger partial charge in [-0.25, -0.2) is 26.3 Å². The van der Waals surface area contributed by atoms with E-state index in [1.54, 1.807) is 24.3 Å². The first-order valence-electron chi connectivity index (χ1n) is 8.22. The van der Waals surface area contributed by atoms with Gasteiger partial charge in [-0.05, 0) is 36.4 Å². The van der Waals surface area contributed by atoms with Gasteiger partial charge in [0.05, 0.1) is 16.2 Å². The minimum Gasteiger partial charge on any atom is -0.492 e. The monoisotopic (exact) mass is 448 g/mol. The molecule has 0 aliphatic heterocycles. The van der Waals surface area contributed by atoms with Gasteiger partial charge in [0.2, 0.25) is 20.0 Å². The molecule has 28 heavy (non-hydrogen) atoms. The highest BCUT2D eigenvalue weighted by atomic mass is 35.5. The van der Waals surface area contributed by atoms with Gasteiger partial charge in [-0.2, -0.15) is 0 Å². The number of nitrogens with one attached hydrogen (secondary N) is 2. The molecule has 0 unspecified atom stereocenters. The van der Waals surface area contributed by atoms with Gasteiger partial charge in [-0.3, -0.25) is 0 Å². The number of halogens is 1. The molecule has 8 nitrogen and oxygen atoms in total. The molecule has 0 fully saturated rings. The molecule has 0 aliphatic rings. The SMILES string of the molecule is CS(=O)(=O)NCCOc1ccc(S(=O)(=O)NCCOc2ccccc2Cl)cc1. The highest BCUT2D eigenvalue weighted by molar-refractivity contribution is 7.89. The largest absolute Gasteiger partial charge is 0.492 e. The van der Waals surface area contributed by atoms with E-state index in [0.717, 1.165) is 6.26 Å². The summed E-state index contributed by atoms with van der Waals surface area (Å²) < 4.78 is 62.0. The highest BCUT2D eigenvalue weighted by Gasteiger charge is 2.13. The molecule has 0 saturated heterocycles. The zero-order valence-electron chi connectivity index (χ0n) is 15.1. The Morgan fingerprint density at radius 3 is 2.11 bits per heavy atom. The van der Waals surface area contributed by atoms with Gasteiger partial charge in [0.15, 0.2) is 0 Å². The fraction of sp³-hybridized carbons (Fsp3) is 0.294. The number of ether oxygens (including phenoxy) is 2. The zero-order valence-corrected chi connectivity index (χ0v) is 17.5. The van der Waals surface area contributed by atoms with E-state index < -0.39 is 20.0 Å². The van der Waals surface area contributed by atoms with Crippen molar-refractivity contribution in [1.29, 1.82) is 0 Å². The Morgan fingerprint density at radius 1 is 0.857 bits per heavy atom. The maximum Gasteiger partial charge on any atom is 0.240 e. The standard InChI is InChI=1S/C17H21ClN2O6S2/c1-27(21,22)19-10-12-25-14-6-8-15(9-7-14)28(23,24)20-11-13-26-17-5-3-2-4-16(17)18/h2-9,19-20H,10-13H2,1H3. The molecule has 0 spiro atoms. The van der Waals surface area contributed by atoms with Crippen LogP contribution in [0.1, 0.15) is 0 Å². The molecule has 0 amide bonds. The summed E-state index contributed by atoms with van der Waals surface area (Å²) in [6, 6.07) is 12.7. The third-order valence-electron chi connectivity index (χ3n) is 3.36. The molecule has 2 rings (SSSR count). The van der Waals surface area contributed by atoms with E-state index in [2.05, 4.69) is 9.44 Å². The lowest BCUT2D eigenvalue weighted by Crippen LogP contribution is -2.28. The van der Waals surface area contributed by atoms with E-state index >= 15 is 0 Å². The molecule has 11 heteroatoms. The summed E-state index contributed by atoms with van der Waals surface area (Å²) in [6.45, 7) is 0.434. The van der Waals surface area contributed by atoms with Crippen LogP contribution < -0.4 is 18.9 Å². The molecule has 2 aromatic carbocycles. The minimum absolute atomic E-state index is 0.0724. The lowest BCUT2D eigenvalue weighted by atomic mass is 10.3. The van der Waals surface area contributed by atoms with Crippen molar-refractivity contribution >= 4 is 31.6 Å². The first-order valence-corrected chi connectivity index (χ1v) is 12.0. The normalized spacial score (nSPS) is 11.9. The minimum atomic E-state index is -3.70. The first-order chi connectivity index (χ1) is 13.2. The topological polar surface area (TPSA) is 111 Å². The van der Waals surface area contributed by atoms with Crippen LogP contribution in [-0.4, -0.2) is 49.4 Å². The summed E-state index contributed by atoms with van der Waals surface area (Å²) >= 11 is 5.96. The van der Waals surface area contributed by atoms with Crippen LogP contribution in [0.15, 0.2) is 53.4 Å². The number of benzene rings is 2. The van der Waals surface area contributed by atoms with Crippen LogP contribution in [0.3, 0.4) is 0 Å². The second-order valence-corrected chi connectivity index (χ2v) is 9.67. The van der Waals surface area contributed by atoms with E-state index in [9.17, 15) is 16.8 Å². The van der Waals surface area contributed by atoms with Gasteiger partial charge in [-0.1, -0.05) is 23.7 Å². The molecule has 0 atom stereocenters. The maximum atomic E-state index is 12.3. The fourth-order valence-corrected chi connectivity index (χ4v) is 3.75. The van der Waals surface area contributed by atoms with Crippen molar-refractivity contribution in [2.45, 2.75) is 4.90 Å². The Kier molecular flexibility index (Phi) is 8.08. The average molecular weight is 449 g/mol. The number of hydrogen-bond acceptors (Lipinski definition) is 6. The fourth-order valence-electron chi connectivity index (χ4n) is 2.09. The van der Waals surface area contributed by atoms with Gasteiger partial charge in [0.1, 0.15) is 24.7 Å². The van der Waals surface area contributed by atoms with Gasteiger partial charge >= 0.3 is 0 Å². The molecule has 0 aromatic heterocycles. The smallest absolute Gasteiger partial charge is 0.240 e. The summed E-state index contributed by atoms with van der Waals surface area (Å²) in [5.41, 5.74) is 0. The van der Waals surface area contributed by atoms with E-state index in [1.165, 1.54) is 24.3 Å². The predicted octanol–water partition coefficient (Wildman–Crippen LogP) is 1.63. The van der Waals surface area contributed by atoms with Gasteiger partial charge in [-0.15, -0.1) is 0 Å². The summed E-state index contributed by atoms with van der Waals surface area (Å²) in [4.78, 5) is 0.0758. The molecule has 2 N–H and O–H groups in total. The lowest BCUT2D eigenvalue weighted by molar-refractivity contribution is 0.322. The summed E-state index contributed by atoms with van der Waals surface area (Å²) in [6.07, 6.45) is 1.05. The zero-order chi connectivity index (χ0) is 20.6. The van der Waals surface area contributed by atoms with Crippen LogP contribution in [-0.2, 0) is 20.0 Å². The highest BCUT2D eigenvalue weighted by Crippen LogP contribution is 2.22. The van der Waals surface area contributed by atoms with Crippen molar-refractivity contribution in [2.24, 2.45) is 0 Å². The quantitative estimate of drug-likeness (QED) is 0.505. The van der Waals surface area contributed by atoms with Crippen molar-refractivity contribution in [3.63, 3.8) is 0 Å². The first kappa shape index (κ1) is 22.4. The van der Waals surface area contributed by atoms with Crippen LogP contribution >= 0.6 is 11.6 Å². The predicted molar refractivity (Wildman–Crippen MR) is 107 cm³/mol. The Labute approximate surface area is 169 Å². The summed E-state index contributed by atoms with van der Waals surface area (Å²) in [7, 11) is -6.97. The van der Waals surface area contributed by atoms with Crippen molar-refractivity contribution < 1.29 is 26.3 Å². The molecule has 0 bridgehead atoms. The van der Waals surface area contributed by atoms with Gasteiger partial charge < -0.3 is 9.47 Å². The van der Waals surface area contributed by atoms with Crippen molar-refractivity contribution in [3.8, 4) is 11.5 Å². The molecule has 0 heterocycles. The summed E-state index contributed by atoms with van der Waals surface area (Å²) in [5.74, 6) is 0.909. The third kappa shape index (κ3) is 7.64. The van der Waals surface area contributed by atoms with Crippen molar-refractivity contribution in [2.75, 3.05) is 32.6 Å². The Hall–Kier alpha value is -1.85. The molecule has 0 aliphatic carbocycles. The van der Waals surface area contributed by atoms with Crippen LogP contribution in [0.25, 0.3) is 0 Å². The molecule has 154 valence electrons. The van der Waals surface area contributed by atoms with Crippen LogP contribution in [0.4, 0.5) is 0 Å². The van der Waals surface area contributed by atoms with E-state index in [4.69, 9.17) is 21.1 Å². The van der Waals surface area contributed by atoms with Gasteiger partial charge in [0.25, 0.3) is 0 Å². The van der Waals surface area contributed by atoms with E-state index in [-0.39, 0.29) is 31.2 Å². The number of rotatable bonds is 11. The van der Waals surface area contributed by atoms with Crippen molar-refractivity contribution in [1.82, 2.24) is 9.44 Å². The molecule has 0 saturated carbocycles. The summed E-state index contributed by atoms with van der Waals surface area (Å²) in [5, 5.41) is 0.452. The number of hydrogen-bond donors (Lipinski definition) is 2. The molecule has 0 radical (unpaired) electrons. The number of sulfonamides is 2. The molecular weight excluding hydrogens is 428 g/mol. The number of para-hydroxylation sites is 1. The van der Waals surface area contributed by atoms with Crippen LogP contribution in [0.5, 0.6) is 11.5 Å². The Balaban J connectivity index is 1.80. The maximum absolute atomic E-state index is 12.3. The molecular formula is C17H21ClN2O6S2. The van der Waals surface area contributed by atoms with Crippen LogP contribution in [0.2, 0.25) is 5.02 Å². The lowest BCUT2D eigenvalue weighted by Gasteiger charge is -2.10. The van der Waals surface area contributed by atoms with Crippen LogP contribution in [0, 0.1) is 0 Å². The second kappa shape index (κ2) is 10.1. The second-order valence-electron chi connectivity index (χ2n) is 5.66. The van der Waals surface area contributed by atoms with Crippen molar-refractivity contribution in [3.05, 3.63) is 53.6 Å². The third-order valence-corrected chi connectivity index (χ3v) is 5.88. The van der Waals surface area contributed by atoms with E-state index in [0.29, 0.717) is 16.5 Å². The Morgan fingerprint density at radius 2 is 1.46 bits per heavy atom. The molecule has 2 aromatic rings. The average Bonchev–Trinajstić information content (AvgIpc) is 2.63. The van der Waals surface area contributed by atoms with Gasteiger partial charge in [0, 0.05) is 13.1 Å². The Bertz CT molecular complexity index is 979. The van der Waals surface area contributed by atoms with E-state index in [1.807, 2.05) is 0 Å².